The highest BCUT2D eigenvalue weighted by Crippen LogP contribution is 2.24. The minimum Gasteiger partial charge on any atom is -0.395 e. The molecule has 1 heterocycles. The van der Waals surface area contributed by atoms with E-state index in [2.05, 4.69) is 20.9 Å². The first-order chi connectivity index (χ1) is 14.4. The molecule has 0 bridgehead atoms. The van der Waals surface area contributed by atoms with Crippen LogP contribution < -0.4 is 16.0 Å². The molecule has 1 aromatic carbocycles. The summed E-state index contributed by atoms with van der Waals surface area (Å²) < 4.78 is 26.3. The fourth-order valence-electron chi connectivity index (χ4n) is 2.71. The molecule has 10 heteroatoms. The number of carbonyl (C=O) groups excluding carboxylic acids is 2. The molecule has 4 N–H and O–H groups in total. The number of nitrogens with zero attached hydrogens (tertiary/aromatic N) is 1. The molecule has 2 amide bonds. The highest BCUT2D eigenvalue weighted by atomic mass is 32.1. The van der Waals surface area contributed by atoms with Crippen molar-refractivity contribution in [3.05, 3.63) is 46.5 Å². The minimum atomic E-state index is -0.716. The largest absolute Gasteiger partial charge is 0.395 e. The molecule has 0 aliphatic carbocycles. The van der Waals surface area contributed by atoms with E-state index in [9.17, 15) is 18.4 Å². The van der Waals surface area contributed by atoms with Crippen LogP contribution in [0.3, 0.4) is 0 Å². The van der Waals surface area contributed by atoms with Crippen molar-refractivity contribution < 1.29 is 23.5 Å². The Bertz CT molecular complexity index is 827. The number of nitrogens with one attached hydrogen (secondary N) is 3. The number of thiazole rings is 1. The molecule has 1 atom stereocenters. The van der Waals surface area contributed by atoms with Gasteiger partial charge < -0.3 is 21.1 Å². The summed E-state index contributed by atoms with van der Waals surface area (Å²) in [6.07, 6.45) is 3.05. The number of aliphatic hydroxyl groups is 1. The van der Waals surface area contributed by atoms with Gasteiger partial charge in [-0.2, -0.15) is 0 Å². The number of hydrogen-bond donors (Lipinski definition) is 4. The number of aromatic nitrogens is 1. The first kappa shape index (κ1) is 23.8. The lowest BCUT2D eigenvalue weighted by Gasteiger charge is -2.09. The maximum atomic E-state index is 13.1. The van der Waals surface area contributed by atoms with Crippen LogP contribution in [0.5, 0.6) is 0 Å². The lowest BCUT2D eigenvalue weighted by molar-refractivity contribution is -0.120. The SMILES string of the molecule is CC(NCCO)c1cnc(NC(=O)CCCCNC(=O)Cc2cc(F)cc(F)c2)s1. The fraction of sp³-hybridized carbons (Fsp3) is 0.450. The van der Waals surface area contributed by atoms with Crippen molar-refractivity contribution in [1.29, 1.82) is 0 Å². The molecule has 1 unspecified atom stereocenters. The summed E-state index contributed by atoms with van der Waals surface area (Å²) >= 11 is 1.37. The van der Waals surface area contributed by atoms with E-state index in [0.29, 0.717) is 31.1 Å². The van der Waals surface area contributed by atoms with Gasteiger partial charge in [-0.15, -0.1) is 11.3 Å². The number of hydrogen-bond acceptors (Lipinski definition) is 6. The number of aliphatic hydroxyl groups excluding tert-OH is 1. The van der Waals surface area contributed by atoms with Gasteiger partial charge in [0.25, 0.3) is 0 Å². The third-order valence-corrected chi connectivity index (χ3v) is 5.29. The molecule has 0 aliphatic rings. The Morgan fingerprint density at radius 2 is 1.87 bits per heavy atom. The molecule has 7 nitrogen and oxygen atoms in total. The number of carbonyl (C=O) groups is 2. The summed E-state index contributed by atoms with van der Waals surface area (Å²) in [5.74, 6) is -1.92. The second-order valence-electron chi connectivity index (χ2n) is 6.78. The molecule has 0 radical (unpaired) electrons. The Morgan fingerprint density at radius 1 is 1.13 bits per heavy atom. The average molecular weight is 441 g/mol. The van der Waals surface area contributed by atoms with Crippen LogP contribution in [0.15, 0.2) is 24.4 Å². The number of unbranched alkanes of at least 4 members (excludes halogenated alkanes) is 1. The van der Waals surface area contributed by atoms with Gasteiger partial charge in [0.15, 0.2) is 5.13 Å². The van der Waals surface area contributed by atoms with Gasteiger partial charge in [0.1, 0.15) is 11.6 Å². The predicted octanol–water partition coefficient (Wildman–Crippen LogP) is 2.53. The number of anilines is 1. The Kier molecular flexibility index (Phi) is 9.78. The maximum absolute atomic E-state index is 13.1. The van der Waals surface area contributed by atoms with Crippen LogP contribution in [0.25, 0.3) is 0 Å². The number of halogens is 2. The zero-order valence-corrected chi connectivity index (χ0v) is 17.5. The first-order valence-electron chi connectivity index (χ1n) is 9.69. The molecule has 164 valence electrons. The van der Waals surface area contributed by atoms with Gasteiger partial charge in [-0.1, -0.05) is 0 Å². The highest BCUT2D eigenvalue weighted by molar-refractivity contribution is 7.15. The summed E-state index contributed by atoms with van der Waals surface area (Å²) in [5.41, 5.74) is 0.271. The van der Waals surface area contributed by atoms with Crippen molar-refractivity contribution in [2.75, 3.05) is 25.0 Å². The number of rotatable bonds is 12. The van der Waals surface area contributed by atoms with Crippen LogP contribution in [-0.4, -0.2) is 41.6 Å². The van der Waals surface area contributed by atoms with Crippen molar-refractivity contribution >= 4 is 28.3 Å². The molecule has 0 saturated heterocycles. The quantitative estimate of drug-likeness (QED) is 0.380. The van der Waals surface area contributed by atoms with Gasteiger partial charge in [-0.25, -0.2) is 13.8 Å². The monoisotopic (exact) mass is 440 g/mol. The average Bonchev–Trinajstić information content (AvgIpc) is 3.13. The summed E-state index contributed by atoms with van der Waals surface area (Å²) in [4.78, 5) is 29.0. The van der Waals surface area contributed by atoms with Gasteiger partial charge in [-0.05, 0) is 37.5 Å². The van der Waals surface area contributed by atoms with Gasteiger partial charge in [-0.3, -0.25) is 9.59 Å². The van der Waals surface area contributed by atoms with E-state index in [-0.39, 0.29) is 42.9 Å². The molecule has 1 aromatic heterocycles. The lowest BCUT2D eigenvalue weighted by atomic mass is 10.1. The van der Waals surface area contributed by atoms with E-state index in [0.717, 1.165) is 23.1 Å². The standard InChI is InChI=1S/C20H26F2N4O3S/c1-13(23-6-7-27)17-12-25-20(30-17)26-18(28)4-2-3-5-24-19(29)10-14-8-15(21)11-16(22)9-14/h8-9,11-13,23,27H,2-7,10H2,1H3,(H,24,29)(H,25,26,28). The van der Waals surface area contributed by atoms with Crippen LogP contribution in [0, 0.1) is 11.6 Å². The van der Waals surface area contributed by atoms with Gasteiger partial charge in [0, 0.05) is 42.7 Å². The number of amides is 2. The van der Waals surface area contributed by atoms with Crippen molar-refractivity contribution in [3.63, 3.8) is 0 Å². The molecule has 0 saturated carbocycles. The third kappa shape index (κ3) is 8.52. The zero-order chi connectivity index (χ0) is 21.9. The van der Waals surface area contributed by atoms with Crippen molar-refractivity contribution in [2.45, 2.75) is 38.6 Å². The van der Waals surface area contributed by atoms with Crippen LogP contribution in [0.1, 0.15) is 42.7 Å². The van der Waals surface area contributed by atoms with Crippen LogP contribution >= 0.6 is 11.3 Å². The van der Waals surface area contributed by atoms with E-state index >= 15 is 0 Å². The summed E-state index contributed by atoms with van der Waals surface area (Å²) in [5, 5.41) is 17.9. The second-order valence-corrected chi connectivity index (χ2v) is 7.84. The van der Waals surface area contributed by atoms with Crippen LogP contribution in [0.2, 0.25) is 0 Å². The van der Waals surface area contributed by atoms with E-state index in [1.807, 2.05) is 6.92 Å². The third-order valence-electron chi connectivity index (χ3n) is 4.20. The topological polar surface area (TPSA) is 103 Å². The van der Waals surface area contributed by atoms with E-state index in [1.165, 1.54) is 11.3 Å². The van der Waals surface area contributed by atoms with Crippen molar-refractivity contribution in [2.24, 2.45) is 0 Å². The van der Waals surface area contributed by atoms with E-state index < -0.39 is 11.6 Å². The minimum absolute atomic E-state index is 0.0350. The Hall–Kier alpha value is -2.43. The van der Waals surface area contributed by atoms with E-state index in [4.69, 9.17) is 5.11 Å². The van der Waals surface area contributed by atoms with Gasteiger partial charge in [0.05, 0.1) is 13.0 Å². The molecule has 2 aromatic rings. The highest BCUT2D eigenvalue weighted by Gasteiger charge is 2.11. The van der Waals surface area contributed by atoms with Crippen LogP contribution in [-0.2, 0) is 16.0 Å². The zero-order valence-electron chi connectivity index (χ0n) is 16.7. The van der Waals surface area contributed by atoms with Gasteiger partial charge in [0.2, 0.25) is 11.8 Å². The molecule has 0 aliphatic heterocycles. The predicted molar refractivity (Wildman–Crippen MR) is 111 cm³/mol. The van der Waals surface area contributed by atoms with Gasteiger partial charge >= 0.3 is 0 Å². The summed E-state index contributed by atoms with van der Waals surface area (Å²) in [6, 6.07) is 3.04. The molecule has 0 fully saturated rings. The maximum Gasteiger partial charge on any atom is 0.226 e. The molecular weight excluding hydrogens is 414 g/mol. The molecule has 2 rings (SSSR count). The Balaban J connectivity index is 1.62. The molecule has 0 spiro atoms. The summed E-state index contributed by atoms with van der Waals surface area (Å²) in [6.45, 7) is 2.86. The fourth-order valence-corrected chi connectivity index (χ4v) is 3.57. The number of benzene rings is 1. The lowest BCUT2D eigenvalue weighted by Crippen LogP contribution is -2.26. The summed E-state index contributed by atoms with van der Waals surface area (Å²) in [7, 11) is 0. The first-order valence-corrected chi connectivity index (χ1v) is 10.5. The molecule has 30 heavy (non-hydrogen) atoms. The molecular formula is C20H26F2N4O3S. The van der Waals surface area contributed by atoms with Crippen molar-refractivity contribution in [3.8, 4) is 0 Å². The smallest absolute Gasteiger partial charge is 0.226 e. The Labute approximate surface area is 177 Å². The Morgan fingerprint density at radius 3 is 2.57 bits per heavy atom. The van der Waals surface area contributed by atoms with Crippen LogP contribution in [0.4, 0.5) is 13.9 Å². The normalized spacial score (nSPS) is 11.9. The second kappa shape index (κ2) is 12.3. The van der Waals surface area contributed by atoms with Crippen molar-refractivity contribution in [1.82, 2.24) is 15.6 Å². The van der Waals surface area contributed by atoms with E-state index in [1.54, 1.807) is 6.20 Å².